The fraction of sp³-hybridized carbons (Fsp3) is 0.769. The molecule has 0 aliphatic carbocycles. The summed E-state index contributed by atoms with van der Waals surface area (Å²) in [6, 6.07) is 0. The third-order valence-electron chi connectivity index (χ3n) is 1.73. The van der Waals surface area contributed by atoms with E-state index in [2.05, 4.69) is 17.2 Å². The van der Waals surface area contributed by atoms with Gasteiger partial charge in [0.15, 0.2) is 0 Å². The maximum atomic E-state index is 11.2. The van der Waals surface area contributed by atoms with Crippen molar-refractivity contribution in [3.8, 4) is 11.8 Å². The smallest absolute Gasteiger partial charge is 0.407 e. The fourth-order valence-electron chi connectivity index (χ4n) is 1.01. The molecule has 0 saturated heterocycles. The van der Waals surface area contributed by atoms with Crippen molar-refractivity contribution >= 4 is 6.09 Å². The first-order valence-corrected chi connectivity index (χ1v) is 5.98. The van der Waals surface area contributed by atoms with E-state index in [0.29, 0.717) is 13.0 Å². The van der Waals surface area contributed by atoms with E-state index in [9.17, 15) is 9.90 Å². The van der Waals surface area contributed by atoms with Gasteiger partial charge in [-0.2, -0.15) is 0 Å². The third kappa shape index (κ3) is 11.1. The molecule has 0 aromatic rings. The minimum Gasteiger partial charge on any atom is -0.444 e. The maximum absolute atomic E-state index is 11.2. The molecule has 0 aromatic carbocycles. The summed E-state index contributed by atoms with van der Waals surface area (Å²) in [5.41, 5.74) is -0.496. The van der Waals surface area contributed by atoms with Crippen molar-refractivity contribution in [1.29, 1.82) is 0 Å². The fourth-order valence-corrected chi connectivity index (χ4v) is 1.01. The molecule has 0 aliphatic heterocycles. The van der Waals surface area contributed by atoms with Crippen LogP contribution in [0.15, 0.2) is 0 Å². The molecule has 0 radical (unpaired) electrons. The summed E-state index contributed by atoms with van der Waals surface area (Å²) < 4.78 is 5.05. The molecular formula is C13H23NO3. The van der Waals surface area contributed by atoms with Crippen LogP contribution in [-0.4, -0.2) is 29.4 Å². The highest BCUT2D eigenvalue weighted by Gasteiger charge is 2.15. The SMILES string of the molecule is CCCC#CC(O)CCNC(=O)OC(C)(C)C. The zero-order valence-electron chi connectivity index (χ0n) is 11.2. The van der Waals surface area contributed by atoms with Gasteiger partial charge in [-0.3, -0.25) is 0 Å². The van der Waals surface area contributed by atoms with E-state index in [1.807, 2.05) is 6.92 Å². The number of aliphatic hydroxyl groups excluding tert-OH is 1. The highest BCUT2D eigenvalue weighted by molar-refractivity contribution is 5.67. The number of alkyl carbamates (subject to hydrolysis) is 1. The van der Waals surface area contributed by atoms with Crippen LogP contribution in [-0.2, 0) is 4.74 Å². The second kappa shape index (κ2) is 7.97. The molecule has 1 atom stereocenters. The van der Waals surface area contributed by atoms with E-state index in [0.717, 1.165) is 12.8 Å². The van der Waals surface area contributed by atoms with E-state index in [1.54, 1.807) is 20.8 Å². The van der Waals surface area contributed by atoms with Crippen molar-refractivity contribution in [1.82, 2.24) is 5.32 Å². The number of carbonyl (C=O) groups is 1. The summed E-state index contributed by atoms with van der Waals surface area (Å²) in [5.74, 6) is 5.59. The van der Waals surface area contributed by atoms with Gasteiger partial charge in [-0.1, -0.05) is 12.8 Å². The Morgan fingerprint density at radius 1 is 1.47 bits per heavy atom. The third-order valence-corrected chi connectivity index (χ3v) is 1.73. The van der Waals surface area contributed by atoms with Gasteiger partial charge in [0.2, 0.25) is 0 Å². The zero-order chi connectivity index (χ0) is 13.3. The number of hydrogen-bond donors (Lipinski definition) is 2. The van der Waals surface area contributed by atoms with Crippen molar-refractivity contribution < 1.29 is 14.6 Å². The molecule has 4 heteroatoms. The average Bonchev–Trinajstić information content (AvgIpc) is 2.15. The van der Waals surface area contributed by atoms with Gasteiger partial charge >= 0.3 is 6.09 Å². The largest absolute Gasteiger partial charge is 0.444 e. The van der Waals surface area contributed by atoms with Crippen molar-refractivity contribution in [3.05, 3.63) is 0 Å². The second-order valence-electron chi connectivity index (χ2n) is 4.80. The minimum atomic E-state index is -0.684. The Bertz CT molecular complexity index is 283. The molecule has 17 heavy (non-hydrogen) atoms. The first kappa shape index (κ1) is 15.8. The summed E-state index contributed by atoms with van der Waals surface area (Å²) in [4.78, 5) is 11.2. The molecule has 1 unspecified atom stereocenters. The number of carbonyl (C=O) groups excluding carboxylic acids is 1. The van der Waals surface area contributed by atoms with E-state index in [4.69, 9.17) is 4.74 Å². The maximum Gasteiger partial charge on any atom is 0.407 e. The van der Waals surface area contributed by atoms with Crippen LogP contribution in [0.2, 0.25) is 0 Å². The molecule has 4 nitrogen and oxygen atoms in total. The Morgan fingerprint density at radius 3 is 2.65 bits per heavy atom. The van der Waals surface area contributed by atoms with Crippen LogP contribution in [0.1, 0.15) is 47.0 Å². The van der Waals surface area contributed by atoms with E-state index in [1.165, 1.54) is 0 Å². The minimum absolute atomic E-state index is 0.358. The van der Waals surface area contributed by atoms with Gasteiger partial charge in [0, 0.05) is 19.4 Å². The van der Waals surface area contributed by atoms with Crippen molar-refractivity contribution in [2.45, 2.75) is 58.7 Å². The lowest BCUT2D eigenvalue weighted by atomic mass is 10.2. The van der Waals surface area contributed by atoms with Crippen LogP contribution in [0, 0.1) is 11.8 Å². The van der Waals surface area contributed by atoms with E-state index < -0.39 is 17.8 Å². The summed E-state index contributed by atoms with van der Waals surface area (Å²) in [7, 11) is 0. The second-order valence-corrected chi connectivity index (χ2v) is 4.80. The molecule has 1 amide bonds. The van der Waals surface area contributed by atoms with Crippen molar-refractivity contribution in [2.75, 3.05) is 6.54 Å². The van der Waals surface area contributed by atoms with Gasteiger partial charge in [0.1, 0.15) is 11.7 Å². The lowest BCUT2D eigenvalue weighted by molar-refractivity contribution is 0.0522. The van der Waals surface area contributed by atoms with Crippen LogP contribution in [0.5, 0.6) is 0 Å². The first-order chi connectivity index (χ1) is 7.85. The molecule has 98 valence electrons. The zero-order valence-corrected chi connectivity index (χ0v) is 11.2. The Labute approximate surface area is 104 Å². The quantitative estimate of drug-likeness (QED) is 0.741. The molecule has 0 spiro atoms. The van der Waals surface area contributed by atoms with Gasteiger partial charge in [-0.05, 0) is 27.2 Å². The lowest BCUT2D eigenvalue weighted by Crippen LogP contribution is -2.33. The Balaban J connectivity index is 3.71. The normalized spacial score (nSPS) is 12.3. The number of unbranched alkanes of at least 4 members (excludes halogenated alkanes) is 1. The Hall–Kier alpha value is -1.21. The number of amides is 1. The standard InChI is InChI=1S/C13H23NO3/c1-5-6-7-8-11(15)9-10-14-12(16)17-13(2,3)4/h11,15H,5-6,9-10H2,1-4H3,(H,14,16). The molecule has 0 rings (SSSR count). The summed E-state index contributed by atoms with van der Waals surface area (Å²) in [5, 5.41) is 12.0. The number of aliphatic hydroxyl groups is 1. The Kier molecular flexibility index (Phi) is 7.40. The summed E-state index contributed by atoms with van der Waals surface area (Å²) in [6.07, 6.45) is 1.03. The van der Waals surface area contributed by atoms with Crippen LogP contribution in [0.25, 0.3) is 0 Å². The van der Waals surface area contributed by atoms with Crippen LogP contribution >= 0.6 is 0 Å². The van der Waals surface area contributed by atoms with Crippen LogP contribution in [0.3, 0.4) is 0 Å². The van der Waals surface area contributed by atoms with E-state index in [-0.39, 0.29) is 0 Å². The summed E-state index contributed by atoms with van der Waals surface area (Å²) in [6.45, 7) is 7.80. The highest BCUT2D eigenvalue weighted by Crippen LogP contribution is 2.06. The topological polar surface area (TPSA) is 58.6 Å². The highest BCUT2D eigenvalue weighted by atomic mass is 16.6. The lowest BCUT2D eigenvalue weighted by Gasteiger charge is -2.19. The molecule has 2 N–H and O–H groups in total. The first-order valence-electron chi connectivity index (χ1n) is 5.98. The van der Waals surface area contributed by atoms with Gasteiger partial charge in [0.25, 0.3) is 0 Å². The molecular weight excluding hydrogens is 218 g/mol. The van der Waals surface area contributed by atoms with Gasteiger partial charge < -0.3 is 15.2 Å². The molecule has 0 bridgehead atoms. The number of rotatable bonds is 4. The molecule has 0 aliphatic rings. The van der Waals surface area contributed by atoms with Gasteiger partial charge in [-0.25, -0.2) is 4.79 Å². The van der Waals surface area contributed by atoms with Gasteiger partial charge in [0.05, 0.1) is 0 Å². The molecule has 0 fully saturated rings. The summed E-state index contributed by atoms with van der Waals surface area (Å²) >= 11 is 0. The van der Waals surface area contributed by atoms with Crippen molar-refractivity contribution in [3.63, 3.8) is 0 Å². The van der Waals surface area contributed by atoms with E-state index >= 15 is 0 Å². The molecule has 0 aromatic heterocycles. The number of ether oxygens (including phenoxy) is 1. The Morgan fingerprint density at radius 2 is 2.12 bits per heavy atom. The average molecular weight is 241 g/mol. The van der Waals surface area contributed by atoms with Crippen LogP contribution < -0.4 is 5.32 Å². The van der Waals surface area contributed by atoms with Crippen molar-refractivity contribution in [2.24, 2.45) is 0 Å². The van der Waals surface area contributed by atoms with Gasteiger partial charge in [-0.15, -0.1) is 5.92 Å². The predicted molar refractivity (Wildman–Crippen MR) is 67.5 cm³/mol. The monoisotopic (exact) mass is 241 g/mol. The number of nitrogens with one attached hydrogen (secondary N) is 1. The van der Waals surface area contributed by atoms with Crippen LogP contribution in [0.4, 0.5) is 4.79 Å². The molecule has 0 saturated carbocycles. The predicted octanol–water partition coefficient (Wildman–Crippen LogP) is 2.07. The molecule has 0 heterocycles. The number of hydrogen-bond acceptors (Lipinski definition) is 3.